The Kier molecular flexibility index (Phi) is 4.76. The summed E-state index contributed by atoms with van der Waals surface area (Å²) in [6.45, 7) is 4.68. The lowest BCUT2D eigenvalue weighted by atomic mass is 10.1. The quantitative estimate of drug-likeness (QED) is 0.681. The van der Waals surface area contributed by atoms with Crippen molar-refractivity contribution >= 4 is 11.1 Å². The van der Waals surface area contributed by atoms with Crippen molar-refractivity contribution < 1.29 is 9.15 Å². The number of pyridine rings is 1. The minimum absolute atomic E-state index is 0.0665. The van der Waals surface area contributed by atoms with Crippen molar-refractivity contribution in [2.45, 2.75) is 38.5 Å². The molecule has 0 radical (unpaired) electrons. The number of ether oxygens (including phenoxy) is 1. The summed E-state index contributed by atoms with van der Waals surface area (Å²) in [5, 5.41) is 0. The molecule has 1 aliphatic rings. The number of nitrogens with zero attached hydrogens (tertiary/aromatic N) is 3. The predicted molar refractivity (Wildman–Crippen MR) is 96.0 cm³/mol. The van der Waals surface area contributed by atoms with Gasteiger partial charge in [0.2, 0.25) is 5.89 Å². The fraction of sp³-hybridized carbons (Fsp3) is 0.400. The van der Waals surface area contributed by atoms with Crippen molar-refractivity contribution in [1.29, 1.82) is 0 Å². The molecule has 2 aromatic heterocycles. The summed E-state index contributed by atoms with van der Waals surface area (Å²) >= 11 is 0. The topological polar surface area (TPSA) is 51.4 Å². The molecule has 0 aliphatic carbocycles. The molecule has 0 N–H and O–H groups in total. The maximum atomic E-state index is 6.00. The molecule has 1 saturated heterocycles. The van der Waals surface area contributed by atoms with E-state index >= 15 is 0 Å². The number of oxazole rings is 1. The second kappa shape index (κ2) is 7.33. The van der Waals surface area contributed by atoms with E-state index in [1.165, 1.54) is 5.56 Å². The Balaban J connectivity index is 1.58. The molecule has 0 amide bonds. The average molecular weight is 337 g/mol. The molecule has 25 heavy (non-hydrogen) atoms. The van der Waals surface area contributed by atoms with Crippen LogP contribution in [0, 0.1) is 0 Å². The maximum Gasteiger partial charge on any atom is 0.212 e. The Bertz CT molecular complexity index is 779. The first-order valence-corrected chi connectivity index (χ1v) is 8.89. The SMILES string of the molecule is C[C@@H](c1nc2ccccc2o1)N(Cc1cccnc1)C[C@@H]1CCCO1. The Morgan fingerprint density at radius 3 is 2.92 bits per heavy atom. The zero-order valence-corrected chi connectivity index (χ0v) is 14.5. The normalized spacial score (nSPS) is 18.9. The van der Waals surface area contributed by atoms with E-state index in [0.717, 1.165) is 49.5 Å². The standard InChI is InChI=1S/C20H23N3O2/c1-15(20-22-18-8-2-3-9-19(18)25-20)23(14-17-7-5-11-24-17)13-16-6-4-10-21-12-16/h2-4,6,8-10,12,15,17H,5,7,11,13-14H2,1H3/t15-,17-/m0/s1. The van der Waals surface area contributed by atoms with E-state index in [4.69, 9.17) is 9.15 Å². The highest BCUT2D eigenvalue weighted by atomic mass is 16.5. The van der Waals surface area contributed by atoms with Crippen LogP contribution in [0.5, 0.6) is 0 Å². The Morgan fingerprint density at radius 2 is 2.16 bits per heavy atom. The van der Waals surface area contributed by atoms with E-state index in [0.29, 0.717) is 0 Å². The molecule has 0 saturated carbocycles. The molecule has 130 valence electrons. The first-order chi connectivity index (χ1) is 12.3. The van der Waals surface area contributed by atoms with Crippen LogP contribution in [0.4, 0.5) is 0 Å². The van der Waals surface area contributed by atoms with E-state index in [1.807, 2.05) is 36.5 Å². The van der Waals surface area contributed by atoms with E-state index in [-0.39, 0.29) is 12.1 Å². The molecule has 5 heteroatoms. The first-order valence-electron chi connectivity index (χ1n) is 8.89. The lowest BCUT2D eigenvalue weighted by Gasteiger charge is -2.29. The van der Waals surface area contributed by atoms with Crippen LogP contribution < -0.4 is 0 Å². The minimum Gasteiger partial charge on any atom is -0.439 e. The van der Waals surface area contributed by atoms with Crippen LogP contribution in [-0.4, -0.2) is 34.1 Å². The summed E-state index contributed by atoms with van der Waals surface area (Å²) in [5.74, 6) is 0.753. The van der Waals surface area contributed by atoms with Gasteiger partial charge in [0.15, 0.2) is 5.58 Å². The van der Waals surface area contributed by atoms with E-state index in [2.05, 4.69) is 27.9 Å². The van der Waals surface area contributed by atoms with Crippen LogP contribution >= 0.6 is 0 Å². The Morgan fingerprint density at radius 1 is 1.24 bits per heavy atom. The average Bonchev–Trinajstić information content (AvgIpc) is 3.30. The van der Waals surface area contributed by atoms with Crippen LogP contribution in [0.2, 0.25) is 0 Å². The van der Waals surface area contributed by atoms with Crippen molar-refractivity contribution in [3.05, 3.63) is 60.2 Å². The summed E-state index contributed by atoms with van der Waals surface area (Å²) in [7, 11) is 0. The summed E-state index contributed by atoms with van der Waals surface area (Å²) in [6, 6.07) is 12.1. The highest BCUT2D eigenvalue weighted by Gasteiger charge is 2.26. The van der Waals surface area contributed by atoms with Gasteiger partial charge in [-0.3, -0.25) is 9.88 Å². The molecule has 1 fully saturated rings. The van der Waals surface area contributed by atoms with Crippen LogP contribution in [-0.2, 0) is 11.3 Å². The van der Waals surface area contributed by atoms with Gasteiger partial charge in [0, 0.05) is 32.1 Å². The number of rotatable bonds is 6. The second-order valence-corrected chi connectivity index (χ2v) is 6.62. The molecule has 0 spiro atoms. The van der Waals surface area contributed by atoms with Gasteiger partial charge in [-0.15, -0.1) is 0 Å². The highest BCUT2D eigenvalue weighted by Crippen LogP contribution is 2.27. The van der Waals surface area contributed by atoms with Gasteiger partial charge in [0.25, 0.3) is 0 Å². The molecular weight excluding hydrogens is 314 g/mol. The summed E-state index contributed by atoms with van der Waals surface area (Å²) in [6.07, 6.45) is 6.26. The summed E-state index contributed by atoms with van der Waals surface area (Å²) in [5.41, 5.74) is 2.93. The fourth-order valence-corrected chi connectivity index (χ4v) is 3.36. The van der Waals surface area contributed by atoms with Crippen LogP contribution in [0.1, 0.15) is 37.3 Å². The summed E-state index contributed by atoms with van der Waals surface area (Å²) in [4.78, 5) is 11.3. The molecule has 3 heterocycles. The van der Waals surface area contributed by atoms with Gasteiger partial charge in [0.1, 0.15) is 5.52 Å². The summed E-state index contributed by atoms with van der Waals surface area (Å²) < 4.78 is 11.9. The monoisotopic (exact) mass is 337 g/mol. The van der Waals surface area contributed by atoms with E-state index in [9.17, 15) is 0 Å². The zero-order chi connectivity index (χ0) is 17.1. The maximum absolute atomic E-state index is 6.00. The van der Waals surface area contributed by atoms with Gasteiger partial charge in [-0.05, 0) is 43.5 Å². The Labute approximate surface area is 147 Å². The molecule has 1 aliphatic heterocycles. The molecule has 2 atom stereocenters. The fourth-order valence-electron chi connectivity index (χ4n) is 3.36. The van der Waals surface area contributed by atoms with Gasteiger partial charge < -0.3 is 9.15 Å². The number of fused-ring (bicyclic) bond motifs is 1. The molecule has 4 rings (SSSR count). The van der Waals surface area contributed by atoms with Crippen molar-refractivity contribution in [2.24, 2.45) is 0 Å². The zero-order valence-electron chi connectivity index (χ0n) is 14.5. The lowest BCUT2D eigenvalue weighted by Crippen LogP contribution is -2.34. The number of para-hydroxylation sites is 2. The van der Waals surface area contributed by atoms with Gasteiger partial charge in [-0.25, -0.2) is 4.98 Å². The third-order valence-electron chi connectivity index (χ3n) is 4.79. The number of aromatic nitrogens is 2. The van der Waals surface area contributed by atoms with Gasteiger partial charge >= 0.3 is 0 Å². The van der Waals surface area contributed by atoms with Crippen LogP contribution in [0.3, 0.4) is 0 Å². The predicted octanol–water partition coefficient (Wildman–Crippen LogP) is 3.97. The lowest BCUT2D eigenvalue weighted by molar-refractivity contribution is 0.0512. The first kappa shape index (κ1) is 16.2. The number of benzene rings is 1. The van der Waals surface area contributed by atoms with Gasteiger partial charge in [-0.2, -0.15) is 0 Å². The molecule has 0 unspecified atom stereocenters. The molecular formula is C20H23N3O2. The van der Waals surface area contributed by atoms with E-state index in [1.54, 1.807) is 6.20 Å². The second-order valence-electron chi connectivity index (χ2n) is 6.62. The van der Waals surface area contributed by atoms with Crippen molar-refractivity contribution in [1.82, 2.24) is 14.9 Å². The molecule has 0 bridgehead atoms. The Hall–Kier alpha value is -2.24. The third kappa shape index (κ3) is 3.72. The van der Waals surface area contributed by atoms with Crippen LogP contribution in [0.15, 0.2) is 53.2 Å². The molecule has 1 aromatic carbocycles. The van der Waals surface area contributed by atoms with Crippen LogP contribution in [0.25, 0.3) is 11.1 Å². The third-order valence-corrected chi connectivity index (χ3v) is 4.79. The van der Waals surface area contributed by atoms with Crippen molar-refractivity contribution in [2.75, 3.05) is 13.2 Å². The van der Waals surface area contributed by atoms with Crippen molar-refractivity contribution in [3.8, 4) is 0 Å². The smallest absolute Gasteiger partial charge is 0.212 e. The highest BCUT2D eigenvalue weighted by molar-refractivity contribution is 5.72. The van der Waals surface area contributed by atoms with Crippen molar-refractivity contribution in [3.63, 3.8) is 0 Å². The minimum atomic E-state index is 0.0665. The van der Waals surface area contributed by atoms with E-state index < -0.39 is 0 Å². The largest absolute Gasteiger partial charge is 0.439 e. The molecule has 5 nitrogen and oxygen atoms in total. The number of hydrogen-bond acceptors (Lipinski definition) is 5. The number of hydrogen-bond donors (Lipinski definition) is 0. The van der Waals surface area contributed by atoms with Gasteiger partial charge in [0.05, 0.1) is 12.1 Å². The van der Waals surface area contributed by atoms with Gasteiger partial charge in [-0.1, -0.05) is 18.2 Å². The molecule has 3 aromatic rings.